The Balaban J connectivity index is 2.67. The minimum Gasteiger partial charge on any atom is -0.0805 e. The average Bonchev–Trinajstić information content (AvgIpc) is 2.47. The molecule has 0 nitrogen and oxygen atoms in total. The molecule has 20 heavy (non-hydrogen) atoms. The summed E-state index contributed by atoms with van der Waals surface area (Å²) in [7, 11) is 0. The third-order valence-corrected chi connectivity index (χ3v) is 4.62. The van der Waals surface area contributed by atoms with Crippen LogP contribution in [0.2, 0.25) is 0 Å². The molecule has 0 saturated heterocycles. The Morgan fingerprint density at radius 2 is 1.40 bits per heavy atom. The summed E-state index contributed by atoms with van der Waals surface area (Å²) >= 11 is 0. The van der Waals surface area contributed by atoms with Crippen molar-refractivity contribution in [3.63, 3.8) is 0 Å². The quantitative estimate of drug-likeness (QED) is 0.414. The van der Waals surface area contributed by atoms with Crippen LogP contribution in [-0.2, 0) is 0 Å². The monoisotopic (exact) mass is 275 g/mol. The lowest BCUT2D eigenvalue weighted by Crippen LogP contribution is -2.19. The van der Waals surface area contributed by atoms with Crippen LogP contribution in [0, 0.1) is 24.2 Å². The van der Waals surface area contributed by atoms with Gasteiger partial charge in [0.25, 0.3) is 0 Å². The van der Waals surface area contributed by atoms with E-state index in [1.807, 2.05) is 0 Å². The summed E-state index contributed by atoms with van der Waals surface area (Å²) < 4.78 is 0. The Hall–Kier alpha value is -0.520. The van der Waals surface area contributed by atoms with Crippen molar-refractivity contribution in [2.75, 3.05) is 0 Å². The Labute approximate surface area is 127 Å². The first kappa shape index (κ1) is 17.5. The summed E-state index contributed by atoms with van der Waals surface area (Å²) in [4.78, 5) is 0. The van der Waals surface area contributed by atoms with E-state index in [0.29, 0.717) is 5.92 Å². The molecular weight excluding hydrogens is 240 g/mol. The van der Waals surface area contributed by atoms with Gasteiger partial charge in [-0.15, -0.1) is 0 Å². The van der Waals surface area contributed by atoms with Crippen LogP contribution in [0.1, 0.15) is 79.1 Å². The standard InChI is InChI=1S/C20H35/c1-5-10-17(11-6-2)19-14-9-15-20(16-19)18(12-7-3)13-8-4/h9,14-19H,5-8,10-13H2,1-4H3. The van der Waals surface area contributed by atoms with E-state index in [9.17, 15) is 0 Å². The van der Waals surface area contributed by atoms with Crippen molar-refractivity contribution < 1.29 is 0 Å². The van der Waals surface area contributed by atoms with Gasteiger partial charge in [-0.3, -0.25) is 0 Å². The Kier molecular flexibility index (Phi) is 8.98. The molecule has 0 heterocycles. The molecule has 1 unspecified atom stereocenters. The van der Waals surface area contributed by atoms with Gasteiger partial charge in [0.15, 0.2) is 0 Å². The van der Waals surface area contributed by atoms with Crippen molar-refractivity contribution in [3.05, 3.63) is 30.2 Å². The van der Waals surface area contributed by atoms with Crippen LogP contribution < -0.4 is 0 Å². The van der Waals surface area contributed by atoms with Crippen LogP contribution in [0.5, 0.6) is 0 Å². The van der Waals surface area contributed by atoms with Crippen molar-refractivity contribution in [2.24, 2.45) is 17.8 Å². The first-order valence-corrected chi connectivity index (χ1v) is 8.99. The van der Waals surface area contributed by atoms with Crippen LogP contribution in [0.4, 0.5) is 0 Å². The maximum atomic E-state index is 2.60. The molecule has 0 aliphatic heterocycles. The van der Waals surface area contributed by atoms with Gasteiger partial charge in [0, 0.05) is 0 Å². The van der Waals surface area contributed by atoms with E-state index in [0.717, 1.165) is 11.8 Å². The van der Waals surface area contributed by atoms with E-state index in [1.54, 1.807) is 5.57 Å². The van der Waals surface area contributed by atoms with E-state index in [4.69, 9.17) is 0 Å². The lowest BCUT2D eigenvalue weighted by molar-refractivity contribution is 0.363. The summed E-state index contributed by atoms with van der Waals surface area (Å²) in [6, 6.07) is 0. The zero-order valence-corrected chi connectivity index (χ0v) is 14.2. The molecule has 0 fully saturated rings. The van der Waals surface area contributed by atoms with Gasteiger partial charge in [-0.05, 0) is 37.0 Å². The average molecular weight is 276 g/mol. The summed E-state index contributed by atoms with van der Waals surface area (Å²) in [6.45, 7) is 9.28. The highest BCUT2D eigenvalue weighted by Gasteiger charge is 2.24. The van der Waals surface area contributed by atoms with Crippen LogP contribution in [-0.4, -0.2) is 0 Å². The Morgan fingerprint density at radius 3 is 1.90 bits per heavy atom. The van der Waals surface area contributed by atoms with Crippen molar-refractivity contribution in [1.82, 2.24) is 0 Å². The molecular formula is C20H35. The fraction of sp³-hybridized carbons (Fsp3) is 0.750. The van der Waals surface area contributed by atoms with Gasteiger partial charge in [0.1, 0.15) is 0 Å². The molecule has 0 spiro atoms. The van der Waals surface area contributed by atoms with Gasteiger partial charge in [-0.2, -0.15) is 0 Å². The van der Waals surface area contributed by atoms with Gasteiger partial charge in [-0.1, -0.05) is 90.0 Å². The topological polar surface area (TPSA) is 0 Å². The van der Waals surface area contributed by atoms with E-state index in [1.165, 1.54) is 51.4 Å². The maximum absolute atomic E-state index is 2.60. The molecule has 0 saturated carbocycles. The zero-order valence-electron chi connectivity index (χ0n) is 14.2. The number of rotatable bonds is 10. The molecule has 0 aromatic rings. The molecule has 0 heteroatoms. The van der Waals surface area contributed by atoms with E-state index < -0.39 is 0 Å². The summed E-state index contributed by atoms with van der Waals surface area (Å²) in [5.41, 5.74) is 1.62. The summed E-state index contributed by atoms with van der Waals surface area (Å²) in [5.74, 6) is 2.33. The predicted molar refractivity (Wildman–Crippen MR) is 91.6 cm³/mol. The molecule has 1 atom stereocenters. The molecule has 0 N–H and O–H groups in total. The lowest BCUT2D eigenvalue weighted by atomic mass is 9.75. The molecule has 0 bridgehead atoms. The highest BCUT2D eigenvalue weighted by atomic mass is 14.3. The largest absolute Gasteiger partial charge is 0.0805 e. The first-order chi connectivity index (χ1) is 9.76. The molecule has 1 aliphatic carbocycles. The molecule has 0 aromatic heterocycles. The normalized spacial score (nSPS) is 18.9. The van der Waals surface area contributed by atoms with E-state index in [2.05, 4.69) is 52.3 Å². The predicted octanol–water partition coefficient (Wildman–Crippen LogP) is 6.74. The van der Waals surface area contributed by atoms with E-state index >= 15 is 0 Å². The zero-order chi connectivity index (χ0) is 14.8. The third-order valence-electron chi connectivity index (χ3n) is 4.62. The summed E-state index contributed by atoms with van der Waals surface area (Å²) in [6.07, 6.45) is 20.4. The number of hydrogen-bond acceptors (Lipinski definition) is 0. The Morgan fingerprint density at radius 1 is 0.850 bits per heavy atom. The second-order valence-corrected chi connectivity index (χ2v) is 6.41. The fourth-order valence-corrected chi connectivity index (χ4v) is 3.64. The smallest absolute Gasteiger partial charge is 0.00600 e. The van der Waals surface area contributed by atoms with Crippen molar-refractivity contribution in [1.29, 1.82) is 0 Å². The molecule has 0 amide bonds. The van der Waals surface area contributed by atoms with Crippen LogP contribution in [0.15, 0.2) is 23.8 Å². The molecule has 0 aromatic carbocycles. The van der Waals surface area contributed by atoms with Gasteiger partial charge in [0.2, 0.25) is 0 Å². The summed E-state index contributed by atoms with van der Waals surface area (Å²) in [5, 5.41) is 0. The number of allylic oxidation sites excluding steroid dienone is 4. The second-order valence-electron chi connectivity index (χ2n) is 6.41. The maximum Gasteiger partial charge on any atom is -0.00600 e. The number of hydrogen-bond donors (Lipinski definition) is 0. The molecule has 1 radical (unpaired) electrons. The highest BCUT2D eigenvalue weighted by Crippen LogP contribution is 2.36. The molecule has 115 valence electrons. The molecule has 1 rings (SSSR count). The second kappa shape index (κ2) is 10.2. The van der Waals surface area contributed by atoms with Gasteiger partial charge in [0.05, 0.1) is 0 Å². The van der Waals surface area contributed by atoms with Crippen LogP contribution in [0.25, 0.3) is 0 Å². The SMILES string of the molecule is CCCC(CCC)C1=CC=CC(C(CCC)CCC)[CH]1. The van der Waals surface area contributed by atoms with Crippen LogP contribution in [0.3, 0.4) is 0 Å². The van der Waals surface area contributed by atoms with Gasteiger partial charge in [-0.25, -0.2) is 0 Å². The first-order valence-electron chi connectivity index (χ1n) is 8.99. The van der Waals surface area contributed by atoms with Crippen LogP contribution >= 0.6 is 0 Å². The van der Waals surface area contributed by atoms with Crippen molar-refractivity contribution >= 4 is 0 Å². The molecule has 1 aliphatic rings. The minimum atomic E-state index is 0.686. The van der Waals surface area contributed by atoms with Crippen molar-refractivity contribution in [3.8, 4) is 0 Å². The minimum absolute atomic E-state index is 0.686. The Bertz CT molecular complexity index is 285. The lowest BCUT2D eigenvalue weighted by Gasteiger charge is -2.30. The third kappa shape index (κ3) is 5.46. The highest BCUT2D eigenvalue weighted by molar-refractivity contribution is 5.31. The fourth-order valence-electron chi connectivity index (χ4n) is 3.64. The van der Waals surface area contributed by atoms with Crippen molar-refractivity contribution in [2.45, 2.75) is 79.1 Å². The van der Waals surface area contributed by atoms with Gasteiger partial charge < -0.3 is 0 Å². The van der Waals surface area contributed by atoms with E-state index in [-0.39, 0.29) is 0 Å². The van der Waals surface area contributed by atoms with Gasteiger partial charge >= 0.3 is 0 Å².